The van der Waals surface area contributed by atoms with Crippen molar-refractivity contribution < 1.29 is 4.42 Å². The highest BCUT2D eigenvalue weighted by molar-refractivity contribution is 7.09. The van der Waals surface area contributed by atoms with Crippen LogP contribution in [0.3, 0.4) is 0 Å². The molecule has 0 radical (unpaired) electrons. The molecule has 16 heavy (non-hydrogen) atoms. The van der Waals surface area contributed by atoms with Crippen molar-refractivity contribution in [1.29, 1.82) is 0 Å². The zero-order valence-electron chi connectivity index (χ0n) is 8.98. The minimum Gasteiger partial charge on any atom is -0.463 e. The van der Waals surface area contributed by atoms with Gasteiger partial charge in [0.2, 0.25) is 0 Å². The molecule has 1 aliphatic rings. The van der Waals surface area contributed by atoms with Crippen molar-refractivity contribution in [2.75, 3.05) is 6.54 Å². The maximum atomic E-state index is 5.31. The Hall–Kier alpha value is -1.13. The number of thiazole rings is 1. The molecule has 3 nitrogen and oxygen atoms in total. The fourth-order valence-electron chi connectivity index (χ4n) is 1.63. The van der Waals surface area contributed by atoms with E-state index in [0.29, 0.717) is 0 Å². The first-order valence-electron chi connectivity index (χ1n) is 5.61. The molecule has 0 bridgehead atoms. The SMILES string of the molecule is c1coc(-c2csc(CNCC3CC3)n2)c1. The molecular formula is C12H14N2OS. The third kappa shape index (κ3) is 2.33. The van der Waals surface area contributed by atoms with Crippen molar-refractivity contribution >= 4 is 11.3 Å². The minimum atomic E-state index is 0.852. The van der Waals surface area contributed by atoms with E-state index in [4.69, 9.17) is 4.42 Å². The van der Waals surface area contributed by atoms with E-state index in [1.54, 1.807) is 17.6 Å². The zero-order valence-corrected chi connectivity index (χ0v) is 9.80. The van der Waals surface area contributed by atoms with E-state index in [9.17, 15) is 0 Å². The largest absolute Gasteiger partial charge is 0.463 e. The van der Waals surface area contributed by atoms with Crippen molar-refractivity contribution in [2.45, 2.75) is 19.4 Å². The average molecular weight is 234 g/mol. The Labute approximate surface area is 98.5 Å². The first kappa shape index (κ1) is 10.1. The Bertz CT molecular complexity index is 445. The molecule has 0 amide bonds. The molecule has 1 aliphatic carbocycles. The number of rotatable bonds is 5. The lowest BCUT2D eigenvalue weighted by atomic mass is 10.4. The second-order valence-electron chi connectivity index (χ2n) is 4.18. The third-order valence-electron chi connectivity index (χ3n) is 2.73. The van der Waals surface area contributed by atoms with Crippen LogP contribution >= 0.6 is 11.3 Å². The number of hydrogen-bond acceptors (Lipinski definition) is 4. The molecule has 0 saturated heterocycles. The average Bonchev–Trinajstić information content (AvgIpc) is 2.83. The Balaban J connectivity index is 1.59. The molecule has 1 saturated carbocycles. The number of nitrogens with one attached hydrogen (secondary N) is 1. The van der Waals surface area contributed by atoms with Crippen LogP contribution in [-0.2, 0) is 6.54 Å². The van der Waals surface area contributed by atoms with E-state index in [2.05, 4.69) is 10.3 Å². The smallest absolute Gasteiger partial charge is 0.153 e. The van der Waals surface area contributed by atoms with E-state index >= 15 is 0 Å². The Morgan fingerprint density at radius 1 is 1.50 bits per heavy atom. The standard InChI is InChI=1S/C12H14N2OS/c1-2-11(15-5-1)10-8-16-12(14-10)7-13-6-9-3-4-9/h1-2,5,8-9,13H,3-4,6-7H2. The van der Waals surface area contributed by atoms with Crippen molar-refractivity contribution in [2.24, 2.45) is 5.92 Å². The quantitative estimate of drug-likeness (QED) is 0.864. The maximum absolute atomic E-state index is 5.31. The number of furan rings is 1. The summed E-state index contributed by atoms with van der Waals surface area (Å²) in [6.07, 6.45) is 4.46. The zero-order chi connectivity index (χ0) is 10.8. The number of aromatic nitrogens is 1. The van der Waals surface area contributed by atoms with Crippen LogP contribution in [0.15, 0.2) is 28.2 Å². The van der Waals surface area contributed by atoms with Gasteiger partial charge in [-0.15, -0.1) is 11.3 Å². The van der Waals surface area contributed by atoms with Crippen molar-refractivity contribution in [3.63, 3.8) is 0 Å². The van der Waals surface area contributed by atoms with Gasteiger partial charge in [0.1, 0.15) is 10.7 Å². The van der Waals surface area contributed by atoms with E-state index in [0.717, 1.165) is 35.5 Å². The van der Waals surface area contributed by atoms with Crippen LogP contribution in [0.4, 0.5) is 0 Å². The van der Waals surface area contributed by atoms with Crippen LogP contribution in [0.1, 0.15) is 17.8 Å². The lowest BCUT2D eigenvalue weighted by Gasteiger charge is -1.98. The lowest BCUT2D eigenvalue weighted by molar-refractivity contribution is 0.579. The normalized spacial score (nSPS) is 15.5. The van der Waals surface area contributed by atoms with E-state index in [1.807, 2.05) is 17.5 Å². The van der Waals surface area contributed by atoms with Crippen LogP contribution in [0.5, 0.6) is 0 Å². The van der Waals surface area contributed by atoms with Gasteiger partial charge >= 0.3 is 0 Å². The molecule has 1 N–H and O–H groups in total. The Kier molecular flexibility index (Phi) is 2.76. The number of hydrogen-bond donors (Lipinski definition) is 1. The van der Waals surface area contributed by atoms with Crippen molar-refractivity contribution in [3.8, 4) is 11.5 Å². The number of nitrogens with zero attached hydrogens (tertiary/aromatic N) is 1. The van der Waals surface area contributed by atoms with Gasteiger partial charge < -0.3 is 9.73 Å². The van der Waals surface area contributed by atoms with Gasteiger partial charge in [0.05, 0.1) is 6.26 Å². The fourth-order valence-corrected chi connectivity index (χ4v) is 2.39. The monoisotopic (exact) mass is 234 g/mol. The summed E-state index contributed by atoms with van der Waals surface area (Å²) in [7, 11) is 0. The first-order chi connectivity index (χ1) is 7.92. The van der Waals surface area contributed by atoms with Gasteiger partial charge in [-0.1, -0.05) is 0 Å². The molecule has 0 aliphatic heterocycles. The van der Waals surface area contributed by atoms with Gasteiger partial charge in [-0.3, -0.25) is 0 Å². The highest BCUT2D eigenvalue weighted by Crippen LogP contribution is 2.28. The lowest BCUT2D eigenvalue weighted by Crippen LogP contribution is -2.15. The van der Waals surface area contributed by atoms with Gasteiger partial charge in [-0.25, -0.2) is 4.98 Å². The molecule has 0 spiro atoms. The molecule has 3 rings (SSSR count). The molecule has 1 fully saturated rings. The summed E-state index contributed by atoms with van der Waals surface area (Å²) < 4.78 is 5.31. The van der Waals surface area contributed by atoms with Gasteiger partial charge in [0.25, 0.3) is 0 Å². The van der Waals surface area contributed by atoms with E-state index in [-0.39, 0.29) is 0 Å². The van der Waals surface area contributed by atoms with Crippen LogP contribution in [0.2, 0.25) is 0 Å². The highest BCUT2D eigenvalue weighted by Gasteiger charge is 2.20. The van der Waals surface area contributed by atoms with Gasteiger partial charge in [0.15, 0.2) is 5.76 Å². The maximum Gasteiger partial charge on any atom is 0.153 e. The highest BCUT2D eigenvalue weighted by atomic mass is 32.1. The second-order valence-corrected chi connectivity index (χ2v) is 5.12. The summed E-state index contributed by atoms with van der Waals surface area (Å²) in [6, 6.07) is 3.83. The Morgan fingerprint density at radius 3 is 3.19 bits per heavy atom. The summed E-state index contributed by atoms with van der Waals surface area (Å²) in [5.41, 5.74) is 0.943. The summed E-state index contributed by atoms with van der Waals surface area (Å²) in [6.45, 7) is 2.01. The molecule has 2 aromatic rings. The van der Waals surface area contributed by atoms with Crippen molar-refractivity contribution in [3.05, 3.63) is 28.8 Å². The molecule has 2 heterocycles. The van der Waals surface area contributed by atoms with Gasteiger partial charge in [-0.2, -0.15) is 0 Å². The molecule has 0 atom stereocenters. The molecule has 0 aromatic carbocycles. The fraction of sp³-hybridized carbons (Fsp3) is 0.417. The molecular weight excluding hydrogens is 220 g/mol. The second kappa shape index (κ2) is 4.39. The summed E-state index contributed by atoms with van der Waals surface area (Å²) in [4.78, 5) is 4.53. The predicted octanol–water partition coefficient (Wildman–Crippen LogP) is 2.90. The van der Waals surface area contributed by atoms with E-state index in [1.165, 1.54) is 12.8 Å². The molecule has 2 aromatic heterocycles. The van der Waals surface area contributed by atoms with Crippen molar-refractivity contribution in [1.82, 2.24) is 10.3 Å². The van der Waals surface area contributed by atoms with Gasteiger partial charge in [0, 0.05) is 11.9 Å². The summed E-state index contributed by atoms with van der Waals surface area (Å²) >= 11 is 1.69. The van der Waals surface area contributed by atoms with Crippen LogP contribution in [-0.4, -0.2) is 11.5 Å². The molecule has 4 heteroatoms. The summed E-state index contributed by atoms with van der Waals surface area (Å²) in [5, 5.41) is 6.62. The Morgan fingerprint density at radius 2 is 2.44 bits per heavy atom. The minimum absolute atomic E-state index is 0.852. The topological polar surface area (TPSA) is 38.1 Å². The van der Waals surface area contributed by atoms with Crippen LogP contribution < -0.4 is 5.32 Å². The first-order valence-corrected chi connectivity index (χ1v) is 6.49. The third-order valence-corrected chi connectivity index (χ3v) is 3.58. The predicted molar refractivity (Wildman–Crippen MR) is 64.2 cm³/mol. The van der Waals surface area contributed by atoms with Crippen LogP contribution in [0, 0.1) is 5.92 Å². The van der Waals surface area contributed by atoms with E-state index < -0.39 is 0 Å². The van der Waals surface area contributed by atoms with Crippen LogP contribution in [0.25, 0.3) is 11.5 Å². The molecule has 84 valence electrons. The molecule has 0 unspecified atom stereocenters. The van der Waals surface area contributed by atoms with Gasteiger partial charge in [-0.05, 0) is 37.4 Å². The summed E-state index contributed by atoms with van der Waals surface area (Å²) in [5.74, 6) is 1.77.